The first kappa shape index (κ1) is 11.5. The van der Waals surface area contributed by atoms with Gasteiger partial charge in [0.2, 0.25) is 0 Å². The van der Waals surface area contributed by atoms with E-state index in [4.69, 9.17) is 9.84 Å². The highest BCUT2D eigenvalue weighted by Crippen LogP contribution is 2.12. The zero-order valence-electron chi connectivity index (χ0n) is 8.56. The molecule has 1 heterocycles. The second-order valence-corrected chi connectivity index (χ2v) is 3.00. The van der Waals surface area contributed by atoms with E-state index in [9.17, 15) is 4.79 Å². The Bertz CT molecular complexity index is 328. The quantitative estimate of drug-likeness (QED) is 0.691. The predicted octanol–water partition coefficient (Wildman–Crippen LogP) is 1.23. The molecular formula is C10H14N2O3. The van der Waals surface area contributed by atoms with Crippen LogP contribution in [0.15, 0.2) is 18.5 Å². The van der Waals surface area contributed by atoms with Gasteiger partial charge in [-0.15, -0.1) is 0 Å². The molecule has 0 amide bonds. The summed E-state index contributed by atoms with van der Waals surface area (Å²) in [5.41, 5.74) is 0.781. The van der Waals surface area contributed by atoms with Crippen molar-refractivity contribution in [3.8, 4) is 0 Å². The van der Waals surface area contributed by atoms with E-state index in [0.717, 1.165) is 6.42 Å². The van der Waals surface area contributed by atoms with Crippen molar-refractivity contribution in [3.05, 3.63) is 24.0 Å². The molecule has 0 aromatic carbocycles. The fourth-order valence-corrected chi connectivity index (χ4v) is 1.16. The summed E-state index contributed by atoms with van der Waals surface area (Å²) in [6, 6.07) is 1.65. The minimum Gasteiger partial charge on any atom is -0.478 e. The van der Waals surface area contributed by atoms with Gasteiger partial charge in [0.1, 0.15) is 5.56 Å². The van der Waals surface area contributed by atoms with Crippen LogP contribution in [0.1, 0.15) is 16.8 Å². The molecule has 0 bridgehead atoms. The summed E-state index contributed by atoms with van der Waals surface area (Å²) in [5.74, 6) is -0.975. The summed E-state index contributed by atoms with van der Waals surface area (Å²) in [6.45, 7) is 1.33. The molecule has 0 unspecified atom stereocenters. The lowest BCUT2D eigenvalue weighted by Crippen LogP contribution is -2.09. The molecule has 82 valence electrons. The summed E-state index contributed by atoms with van der Waals surface area (Å²) < 4.78 is 4.89. The summed E-state index contributed by atoms with van der Waals surface area (Å²) in [6.07, 6.45) is 3.73. The molecule has 1 aromatic heterocycles. The first-order valence-electron chi connectivity index (χ1n) is 4.66. The Labute approximate surface area is 88.1 Å². The van der Waals surface area contributed by atoms with Gasteiger partial charge < -0.3 is 15.2 Å². The lowest BCUT2D eigenvalue weighted by Gasteiger charge is -2.08. The number of carboxylic acid groups (broad SMARTS) is 1. The number of nitrogens with zero attached hydrogens (tertiary/aromatic N) is 1. The lowest BCUT2D eigenvalue weighted by molar-refractivity contribution is 0.0697. The molecule has 5 heteroatoms. The van der Waals surface area contributed by atoms with Gasteiger partial charge in [-0.05, 0) is 12.5 Å². The van der Waals surface area contributed by atoms with Gasteiger partial charge in [-0.25, -0.2) is 4.79 Å². The van der Waals surface area contributed by atoms with Crippen LogP contribution in [0.5, 0.6) is 0 Å². The van der Waals surface area contributed by atoms with Gasteiger partial charge in [-0.1, -0.05) is 0 Å². The van der Waals surface area contributed by atoms with Gasteiger partial charge >= 0.3 is 5.97 Å². The Morgan fingerprint density at radius 2 is 2.47 bits per heavy atom. The van der Waals surface area contributed by atoms with Crippen LogP contribution >= 0.6 is 0 Å². The molecule has 0 saturated heterocycles. The van der Waals surface area contributed by atoms with Gasteiger partial charge in [0, 0.05) is 32.7 Å². The molecule has 15 heavy (non-hydrogen) atoms. The van der Waals surface area contributed by atoms with Crippen molar-refractivity contribution in [2.75, 3.05) is 25.6 Å². The number of ether oxygens (including phenoxy) is 1. The number of carbonyl (C=O) groups is 1. The van der Waals surface area contributed by atoms with Crippen LogP contribution in [-0.4, -0.2) is 36.3 Å². The first-order chi connectivity index (χ1) is 7.25. The monoisotopic (exact) mass is 210 g/mol. The number of nitrogens with one attached hydrogen (secondary N) is 1. The van der Waals surface area contributed by atoms with E-state index in [0.29, 0.717) is 18.8 Å². The van der Waals surface area contributed by atoms with Crippen molar-refractivity contribution in [2.45, 2.75) is 6.42 Å². The van der Waals surface area contributed by atoms with Crippen LogP contribution in [0.25, 0.3) is 0 Å². The van der Waals surface area contributed by atoms with Crippen LogP contribution in [-0.2, 0) is 4.74 Å². The van der Waals surface area contributed by atoms with Crippen LogP contribution < -0.4 is 5.32 Å². The minimum atomic E-state index is -0.975. The SMILES string of the molecule is COCCCNc1ccncc1C(=O)O. The first-order valence-corrected chi connectivity index (χ1v) is 4.66. The van der Waals surface area contributed by atoms with E-state index in [1.807, 2.05) is 0 Å². The van der Waals surface area contributed by atoms with E-state index >= 15 is 0 Å². The zero-order chi connectivity index (χ0) is 11.1. The molecular weight excluding hydrogens is 196 g/mol. The summed E-state index contributed by atoms with van der Waals surface area (Å²) >= 11 is 0. The number of pyridine rings is 1. The summed E-state index contributed by atoms with van der Waals surface area (Å²) in [5, 5.41) is 11.9. The maximum Gasteiger partial charge on any atom is 0.339 e. The van der Waals surface area contributed by atoms with Gasteiger partial charge in [0.25, 0.3) is 0 Å². The molecule has 1 aromatic rings. The van der Waals surface area contributed by atoms with Crippen LogP contribution in [0, 0.1) is 0 Å². The average Bonchev–Trinajstić information content (AvgIpc) is 2.25. The molecule has 5 nitrogen and oxygen atoms in total. The van der Waals surface area contributed by atoms with Crippen molar-refractivity contribution in [3.63, 3.8) is 0 Å². The maximum absolute atomic E-state index is 10.8. The lowest BCUT2D eigenvalue weighted by atomic mass is 10.2. The topological polar surface area (TPSA) is 71.5 Å². The molecule has 2 N–H and O–H groups in total. The molecule has 0 fully saturated rings. The van der Waals surface area contributed by atoms with Crippen LogP contribution in [0.4, 0.5) is 5.69 Å². The third-order valence-corrected chi connectivity index (χ3v) is 1.89. The highest BCUT2D eigenvalue weighted by Gasteiger charge is 2.08. The number of aromatic carboxylic acids is 1. The van der Waals surface area contributed by atoms with Gasteiger partial charge in [0.05, 0.1) is 5.69 Å². The Hall–Kier alpha value is -1.62. The number of carboxylic acids is 1. The third kappa shape index (κ3) is 3.55. The number of anilines is 1. The number of methoxy groups -OCH3 is 1. The molecule has 0 aliphatic rings. The van der Waals surface area contributed by atoms with Gasteiger partial charge in [-0.2, -0.15) is 0 Å². The van der Waals surface area contributed by atoms with Crippen molar-refractivity contribution < 1.29 is 14.6 Å². The molecule has 0 aliphatic carbocycles. The van der Waals surface area contributed by atoms with Crippen molar-refractivity contribution >= 4 is 11.7 Å². The molecule has 1 rings (SSSR count). The zero-order valence-corrected chi connectivity index (χ0v) is 8.56. The van der Waals surface area contributed by atoms with Crippen molar-refractivity contribution in [2.24, 2.45) is 0 Å². The van der Waals surface area contributed by atoms with Crippen molar-refractivity contribution in [1.29, 1.82) is 0 Å². The maximum atomic E-state index is 10.8. The standard InChI is InChI=1S/C10H14N2O3/c1-15-6-2-4-12-9-3-5-11-7-8(9)10(13)14/h3,5,7H,2,4,6H2,1H3,(H,11,12)(H,13,14). The summed E-state index contributed by atoms with van der Waals surface area (Å²) in [4.78, 5) is 14.6. The number of rotatable bonds is 6. The van der Waals surface area contributed by atoms with Gasteiger partial charge in [-0.3, -0.25) is 4.98 Å². The number of aromatic nitrogens is 1. The molecule has 0 spiro atoms. The van der Waals surface area contributed by atoms with E-state index in [1.54, 1.807) is 19.4 Å². The average molecular weight is 210 g/mol. The van der Waals surface area contributed by atoms with Gasteiger partial charge in [0.15, 0.2) is 0 Å². The normalized spacial score (nSPS) is 9.93. The fourth-order valence-electron chi connectivity index (χ4n) is 1.16. The molecule has 0 saturated carbocycles. The van der Waals surface area contributed by atoms with Crippen LogP contribution in [0.3, 0.4) is 0 Å². The molecule has 0 atom stereocenters. The third-order valence-electron chi connectivity index (χ3n) is 1.89. The Kier molecular flexibility index (Phi) is 4.56. The van der Waals surface area contributed by atoms with Crippen LogP contribution in [0.2, 0.25) is 0 Å². The Morgan fingerprint density at radius 1 is 1.67 bits per heavy atom. The van der Waals surface area contributed by atoms with E-state index < -0.39 is 5.97 Å². The minimum absolute atomic E-state index is 0.190. The second-order valence-electron chi connectivity index (χ2n) is 3.00. The Balaban J connectivity index is 2.56. The largest absolute Gasteiger partial charge is 0.478 e. The van der Waals surface area contributed by atoms with E-state index in [-0.39, 0.29) is 5.56 Å². The predicted molar refractivity (Wildman–Crippen MR) is 56.2 cm³/mol. The van der Waals surface area contributed by atoms with E-state index in [1.165, 1.54) is 6.20 Å². The molecule has 0 aliphatic heterocycles. The summed E-state index contributed by atoms with van der Waals surface area (Å²) in [7, 11) is 1.63. The Morgan fingerprint density at radius 3 is 3.13 bits per heavy atom. The number of hydrogen-bond donors (Lipinski definition) is 2. The fraction of sp³-hybridized carbons (Fsp3) is 0.400. The van der Waals surface area contributed by atoms with E-state index in [2.05, 4.69) is 10.3 Å². The second kappa shape index (κ2) is 5.98. The number of hydrogen-bond acceptors (Lipinski definition) is 4. The molecule has 0 radical (unpaired) electrons. The highest BCUT2D eigenvalue weighted by atomic mass is 16.5. The van der Waals surface area contributed by atoms with Crippen molar-refractivity contribution in [1.82, 2.24) is 4.98 Å². The highest BCUT2D eigenvalue weighted by molar-refractivity contribution is 5.93. The smallest absolute Gasteiger partial charge is 0.339 e.